The first-order chi connectivity index (χ1) is 6.74. The molecule has 3 heteroatoms. The Balaban J connectivity index is 2.06. The van der Waals surface area contributed by atoms with Crippen molar-refractivity contribution in [2.24, 2.45) is 5.73 Å². The number of thioether (sulfide) groups is 1. The lowest BCUT2D eigenvalue weighted by molar-refractivity contribution is 0.371. The largest absolute Gasteiger partial charge is 0.329 e. The third kappa shape index (κ3) is 1.93. The molecule has 0 atom stereocenters. The Bertz CT molecular complexity index is 300. The summed E-state index contributed by atoms with van der Waals surface area (Å²) < 4.78 is 12.9. The van der Waals surface area contributed by atoms with Gasteiger partial charge in [0.1, 0.15) is 5.82 Å². The molecule has 2 N–H and O–H groups in total. The second-order valence-electron chi connectivity index (χ2n) is 3.80. The Kier molecular flexibility index (Phi) is 2.79. The van der Waals surface area contributed by atoms with Crippen molar-refractivity contribution >= 4 is 11.8 Å². The molecule has 1 aliphatic carbocycles. The van der Waals surface area contributed by atoms with E-state index < -0.39 is 0 Å². The minimum atomic E-state index is -0.176. The highest BCUT2D eigenvalue weighted by Crippen LogP contribution is 2.46. The zero-order chi connectivity index (χ0) is 10.0. The van der Waals surface area contributed by atoms with E-state index in [-0.39, 0.29) is 10.6 Å². The Labute approximate surface area is 87.9 Å². The van der Waals surface area contributed by atoms with Crippen LogP contribution in [-0.4, -0.2) is 11.3 Å². The fraction of sp³-hybridized carbons (Fsp3) is 0.455. The van der Waals surface area contributed by atoms with Crippen LogP contribution in [-0.2, 0) is 0 Å². The lowest BCUT2D eigenvalue weighted by Gasteiger charge is -2.40. The minimum absolute atomic E-state index is 0.176. The normalized spacial score (nSPS) is 19.0. The molecule has 1 fully saturated rings. The topological polar surface area (TPSA) is 26.0 Å². The monoisotopic (exact) mass is 211 g/mol. The van der Waals surface area contributed by atoms with Crippen LogP contribution < -0.4 is 5.73 Å². The molecule has 0 radical (unpaired) electrons. The van der Waals surface area contributed by atoms with E-state index in [4.69, 9.17) is 5.73 Å². The van der Waals surface area contributed by atoms with Gasteiger partial charge in [-0.15, -0.1) is 11.8 Å². The van der Waals surface area contributed by atoms with Crippen molar-refractivity contribution in [3.63, 3.8) is 0 Å². The second kappa shape index (κ2) is 3.91. The molecule has 0 aliphatic heterocycles. The number of halogens is 1. The lowest BCUT2D eigenvalue weighted by atomic mass is 9.84. The summed E-state index contributed by atoms with van der Waals surface area (Å²) in [7, 11) is 0. The van der Waals surface area contributed by atoms with E-state index in [0.29, 0.717) is 0 Å². The van der Waals surface area contributed by atoms with Crippen LogP contribution in [0.2, 0.25) is 0 Å². The van der Waals surface area contributed by atoms with Gasteiger partial charge in [-0.2, -0.15) is 0 Å². The summed E-state index contributed by atoms with van der Waals surface area (Å²) in [6.07, 6.45) is 3.64. The first kappa shape index (κ1) is 9.99. The van der Waals surface area contributed by atoms with Crippen LogP contribution in [0.3, 0.4) is 0 Å². The van der Waals surface area contributed by atoms with Gasteiger partial charge in [0.15, 0.2) is 0 Å². The second-order valence-corrected chi connectivity index (χ2v) is 5.34. The summed E-state index contributed by atoms with van der Waals surface area (Å²) in [5, 5.41) is 0. The molecular formula is C11H14FNS. The summed E-state index contributed by atoms with van der Waals surface area (Å²) in [6, 6.07) is 6.67. The van der Waals surface area contributed by atoms with E-state index in [1.807, 2.05) is 12.1 Å². The van der Waals surface area contributed by atoms with Crippen molar-refractivity contribution in [2.45, 2.75) is 28.9 Å². The smallest absolute Gasteiger partial charge is 0.123 e. The third-order valence-corrected chi connectivity index (χ3v) is 4.30. The van der Waals surface area contributed by atoms with E-state index in [9.17, 15) is 4.39 Å². The van der Waals surface area contributed by atoms with Crippen LogP contribution in [0.1, 0.15) is 19.3 Å². The van der Waals surface area contributed by atoms with Crippen molar-refractivity contribution in [3.8, 4) is 0 Å². The molecule has 1 saturated carbocycles. The van der Waals surface area contributed by atoms with E-state index in [0.717, 1.165) is 11.4 Å². The molecule has 0 spiro atoms. The predicted octanol–water partition coefficient (Wildman–Crippen LogP) is 2.80. The molecule has 0 aromatic heterocycles. The molecule has 1 nitrogen and oxygen atoms in total. The fourth-order valence-corrected chi connectivity index (χ4v) is 3.02. The average Bonchev–Trinajstić information content (AvgIpc) is 2.15. The maximum absolute atomic E-state index is 12.7. The zero-order valence-electron chi connectivity index (χ0n) is 8.00. The van der Waals surface area contributed by atoms with Crippen LogP contribution in [0.25, 0.3) is 0 Å². The molecule has 14 heavy (non-hydrogen) atoms. The summed E-state index contributed by atoms with van der Waals surface area (Å²) in [5.41, 5.74) is 5.75. The van der Waals surface area contributed by atoms with Crippen LogP contribution in [0.15, 0.2) is 29.2 Å². The summed E-state index contributed by atoms with van der Waals surface area (Å²) in [4.78, 5) is 1.12. The van der Waals surface area contributed by atoms with Gasteiger partial charge in [0, 0.05) is 16.2 Å². The van der Waals surface area contributed by atoms with Crippen molar-refractivity contribution < 1.29 is 4.39 Å². The van der Waals surface area contributed by atoms with Crippen LogP contribution in [0.5, 0.6) is 0 Å². The minimum Gasteiger partial charge on any atom is -0.329 e. The number of benzene rings is 1. The lowest BCUT2D eigenvalue weighted by Crippen LogP contribution is -2.40. The van der Waals surface area contributed by atoms with Gasteiger partial charge in [-0.3, -0.25) is 0 Å². The van der Waals surface area contributed by atoms with E-state index in [1.165, 1.54) is 31.4 Å². The molecule has 1 aromatic carbocycles. The summed E-state index contributed by atoms with van der Waals surface area (Å²) in [6.45, 7) is 0.717. The highest BCUT2D eigenvalue weighted by Gasteiger charge is 2.36. The third-order valence-electron chi connectivity index (χ3n) is 2.78. The zero-order valence-corrected chi connectivity index (χ0v) is 8.82. The standard InChI is InChI=1S/C11H14FNS/c12-9-2-4-10(5-3-9)14-11(8-13)6-1-7-11/h2-5H,1,6-8,13H2. The Morgan fingerprint density at radius 2 is 1.93 bits per heavy atom. The molecule has 1 aromatic rings. The van der Waals surface area contributed by atoms with E-state index >= 15 is 0 Å². The van der Waals surface area contributed by atoms with Gasteiger partial charge in [0.2, 0.25) is 0 Å². The number of nitrogens with two attached hydrogens (primary N) is 1. The molecule has 76 valence electrons. The molecular weight excluding hydrogens is 197 g/mol. The Morgan fingerprint density at radius 1 is 1.29 bits per heavy atom. The molecule has 0 heterocycles. The fourth-order valence-electron chi connectivity index (χ4n) is 1.67. The molecule has 2 rings (SSSR count). The Morgan fingerprint density at radius 3 is 2.36 bits per heavy atom. The summed E-state index contributed by atoms with van der Waals surface area (Å²) in [5.74, 6) is -0.176. The molecule has 0 unspecified atom stereocenters. The van der Waals surface area contributed by atoms with Crippen molar-refractivity contribution in [2.75, 3.05) is 6.54 Å². The first-order valence-corrected chi connectivity index (χ1v) is 5.70. The molecule has 1 aliphatic rings. The number of hydrogen-bond acceptors (Lipinski definition) is 2. The van der Waals surface area contributed by atoms with Crippen LogP contribution in [0.4, 0.5) is 4.39 Å². The predicted molar refractivity (Wildman–Crippen MR) is 57.9 cm³/mol. The highest BCUT2D eigenvalue weighted by atomic mass is 32.2. The van der Waals surface area contributed by atoms with Gasteiger partial charge in [0.25, 0.3) is 0 Å². The van der Waals surface area contributed by atoms with E-state index in [2.05, 4.69) is 0 Å². The van der Waals surface area contributed by atoms with Crippen molar-refractivity contribution in [1.29, 1.82) is 0 Å². The van der Waals surface area contributed by atoms with Gasteiger partial charge in [-0.25, -0.2) is 4.39 Å². The van der Waals surface area contributed by atoms with Gasteiger partial charge in [-0.05, 0) is 37.1 Å². The Hall–Kier alpha value is -0.540. The molecule has 0 bridgehead atoms. The molecule has 0 saturated heterocycles. The first-order valence-electron chi connectivity index (χ1n) is 4.89. The SMILES string of the molecule is NCC1(Sc2ccc(F)cc2)CCC1. The van der Waals surface area contributed by atoms with E-state index in [1.54, 1.807) is 11.8 Å². The van der Waals surface area contributed by atoms with Gasteiger partial charge >= 0.3 is 0 Å². The maximum Gasteiger partial charge on any atom is 0.123 e. The number of rotatable bonds is 3. The summed E-state index contributed by atoms with van der Waals surface area (Å²) >= 11 is 1.79. The van der Waals surface area contributed by atoms with Crippen LogP contribution in [0, 0.1) is 5.82 Å². The van der Waals surface area contributed by atoms with Gasteiger partial charge < -0.3 is 5.73 Å². The van der Waals surface area contributed by atoms with Gasteiger partial charge in [-0.1, -0.05) is 6.42 Å². The van der Waals surface area contributed by atoms with Gasteiger partial charge in [0.05, 0.1) is 0 Å². The quantitative estimate of drug-likeness (QED) is 0.832. The average molecular weight is 211 g/mol. The van der Waals surface area contributed by atoms with Crippen molar-refractivity contribution in [1.82, 2.24) is 0 Å². The molecule has 0 amide bonds. The number of hydrogen-bond donors (Lipinski definition) is 1. The van der Waals surface area contributed by atoms with Crippen molar-refractivity contribution in [3.05, 3.63) is 30.1 Å². The highest BCUT2D eigenvalue weighted by molar-refractivity contribution is 8.00. The maximum atomic E-state index is 12.7. The van der Waals surface area contributed by atoms with Crippen LogP contribution >= 0.6 is 11.8 Å².